The Balaban J connectivity index is 1.36. The molecule has 1 aromatic heterocycles. The van der Waals surface area contributed by atoms with Crippen molar-refractivity contribution >= 4 is 31.0 Å². The Hall–Kier alpha value is -3.80. The van der Waals surface area contributed by atoms with E-state index >= 15 is 0 Å². The van der Waals surface area contributed by atoms with E-state index in [0.29, 0.717) is 31.2 Å². The highest BCUT2D eigenvalue weighted by Crippen LogP contribution is 2.31. The van der Waals surface area contributed by atoms with Gasteiger partial charge in [-0.15, -0.1) is 0 Å². The zero-order valence-electron chi connectivity index (χ0n) is 20.2. The molecule has 182 valence electrons. The van der Waals surface area contributed by atoms with E-state index in [1.807, 2.05) is 90.4 Å². The number of carbonyl (C=O) groups excluding carboxylic acids is 1. The van der Waals surface area contributed by atoms with E-state index in [2.05, 4.69) is 15.3 Å². The first-order valence-electron chi connectivity index (χ1n) is 11.7. The van der Waals surface area contributed by atoms with Gasteiger partial charge in [0, 0.05) is 47.5 Å². The van der Waals surface area contributed by atoms with Crippen LogP contribution in [0.25, 0.3) is 11.3 Å². The number of ether oxygens (including phenoxy) is 1. The second kappa shape index (κ2) is 10.9. The summed E-state index contributed by atoms with van der Waals surface area (Å²) < 4.78 is 11.4. The molecule has 8 heteroatoms. The molecule has 5 rings (SSSR count). The summed E-state index contributed by atoms with van der Waals surface area (Å²) in [4.78, 5) is 24.2. The van der Waals surface area contributed by atoms with Crippen molar-refractivity contribution in [1.29, 1.82) is 0 Å². The number of aromatic nitrogens is 2. The lowest BCUT2D eigenvalue weighted by atomic mass is 10.1. The molecule has 0 radical (unpaired) electrons. The van der Waals surface area contributed by atoms with Crippen LogP contribution in [0.15, 0.2) is 85.1 Å². The third-order valence-electron chi connectivity index (χ3n) is 6.06. The van der Waals surface area contributed by atoms with E-state index in [4.69, 9.17) is 9.26 Å². The average Bonchev–Trinajstić information content (AvgIpc) is 3.15. The summed E-state index contributed by atoms with van der Waals surface area (Å²) >= 11 is 0. The molecular weight excluding hydrogens is 471 g/mol. The van der Waals surface area contributed by atoms with E-state index < -0.39 is 8.15 Å². The van der Waals surface area contributed by atoms with Crippen LogP contribution in [0.2, 0.25) is 0 Å². The lowest BCUT2D eigenvalue weighted by Gasteiger charge is -2.20. The minimum Gasteiger partial charge on any atom is -0.491 e. The molecule has 1 N–H and O–H groups in total. The summed E-state index contributed by atoms with van der Waals surface area (Å²) in [6, 6.07) is 25.4. The Labute approximate surface area is 212 Å². The third kappa shape index (κ3) is 5.38. The van der Waals surface area contributed by atoms with Crippen LogP contribution in [0, 0.1) is 0 Å². The zero-order chi connectivity index (χ0) is 24.9. The fourth-order valence-electron chi connectivity index (χ4n) is 4.06. The van der Waals surface area contributed by atoms with E-state index in [1.165, 1.54) is 0 Å². The van der Waals surface area contributed by atoms with E-state index in [9.17, 15) is 4.79 Å². The van der Waals surface area contributed by atoms with Crippen molar-refractivity contribution in [3.63, 3.8) is 0 Å². The minimum atomic E-state index is -0.661. The molecule has 2 heterocycles. The zero-order valence-corrected chi connectivity index (χ0v) is 21.1. The topological polar surface area (TPSA) is 76.6 Å². The van der Waals surface area contributed by atoms with Crippen molar-refractivity contribution in [2.24, 2.45) is 0 Å². The van der Waals surface area contributed by atoms with Gasteiger partial charge >= 0.3 is 0 Å². The standard InChI is InChI=1S/C28H27N4O3P/c1-34-36(2)24-11-8-20(9-12-24)27(33)32-16-17-35-26-13-10-21(18-22(26)19-32)25-14-15-29-28(31-25)30-23-6-4-3-5-7-23/h3-15,18H,16-17,19H2,1-2H3,(H,29,30,31). The number of nitrogens with one attached hydrogen (secondary N) is 1. The first-order chi connectivity index (χ1) is 17.6. The third-order valence-corrected chi connectivity index (χ3v) is 7.63. The van der Waals surface area contributed by atoms with Gasteiger partial charge in [0.25, 0.3) is 5.91 Å². The number of carbonyl (C=O) groups is 1. The van der Waals surface area contributed by atoms with Gasteiger partial charge in [0.15, 0.2) is 0 Å². The highest BCUT2D eigenvalue weighted by molar-refractivity contribution is 7.60. The predicted molar refractivity (Wildman–Crippen MR) is 143 cm³/mol. The van der Waals surface area contributed by atoms with Crippen molar-refractivity contribution < 1.29 is 14.1 Å². The number of para-hydroxylation sites is 1. The summed E-state index contributed by atoms with van der Waals surface area (Å²) in [7, 11) is 1.04. The van der Waals surface area contributed by atoms with Crippen molar-refractivity contribution in [3.8, 4) is 17.0 Å². The number of amides is 1. The molecule has 4 aromatic rings. The Morgan fingerprint density at radius 1 is 1.06 bits per heavy atom. The molecule has 1 aliphatic rings. The van der Waals surface area contributed by atoms with Crippen molar-refractivity contribution in [2.45, 2.75) is 6.54 Å². The molecule has 7 nitrogen and oxygen atoms in total. The smallest absolute Gasteiger partial charge is 0.254 e. The number of anilines is 2. The highest BCUT2D eigenvalue weighted by atomic mass is 31.1. The molecular formula is C28H27N4O3P. The summed E-state index contributed by atoms with van der Waals surface area (Å²) in [5.74, 6) is 1.30. The first-order valence-corrected chi connectivity index (χ1v) is 13.4. The fraction of sp³-hybridized carbons (Fsp3) is 0.179. The molecule has 0 fully saturated rings. The molecule has 0 saturated carbocycles. The van der Waals surface area contributed by atoms with Crippen molar-refractivity contribution in [3.05, 3.63) is 96.2 Å². The van der Waals surface area contributed by atoms with Crippen LogP contribution in [0.5, 0.6) is 5.75 Å². The van der Waals surface area contributed by atoms with Crippen LogP contribution in [0.3, 0.4) is 0 Å². The van der Waals surface area contributed by atoms with Gasteiger partial charge in [0.1, 0.15) is 12.4 Å². The van der Waals surface area contributed by atoms with Gasteiger partial charge in [-0.3, -0.25) is 4.79 Å². The molecule has 1 unspecified atom stereocenters. The number of hydrogen-bond donors (Lipinski definition) is 1. The number of benzene rings is 3. The lowest BCUT2D eigenvalue weighted by molar-refractivity contribution is 0.0733. The van der Waals surface area contributed by atoms with Gasteiger partial charge in [-0.25, -0.2) is 9.97 Å². The van der Waals surface area contributed by atoms with Crippen LogP contribution < -0.4 is 15.4 Å². The second-order valence-corrected chi connectivity index (χ2v) is 10.3. The first kappa shape index (κ1) is 23.9. The van der Waals surface area contributed by atoms with Gasteiger partial charge in [-0.05, 0) is 55.2 Å². The van der Waals surface area contributed by atoms with Gasteiger partial charge in [-0.2, -0.15) is 0 Å². The van der Waals surface area contributed by atoms with E-state index in [-0.39, 0.29) is 5.91 Å². The van der Waals surface area contributed by atoms with Gasteiger partial charge in [0.05, 0.1) is 20.4 Å². The number of hydrogen-bond acceptors (Lipinski definition) is 6. The predicted octanol–water partition coefficient (Wildman–Crippen LogP) is 5.22. The maximum absolute atomic E-state index is 13.3. The average molecular weight is 499 g/mol. The van der Waals surface area contributed by atoms with Gasteiger partial charge in [0.2, 0.25) is 5.95 Å². The Bertz CT molecular complexity index is 1350. The minimum absolute atomic E-state index is 0.0161. The van der Waals surface area contributed by atoms with Crippen LogP contribution in [0.1, 0.15) is 15.9 Å². The maximum Gasteiger partial charge on any atom is 0.254 e. The highest BCUT2D eigenvalue weighted by Gasteiger charge is 2.22. The molecule has 0 aliphatic carbocycles. The van der Waals surface area contributed by atoms with E-state index in [0.717, 1.165) is 33.6 Å². The number of fused-ring (bicyclic) bond motifs is 1. The van der Waals surface area contributed by atoms with Crippen molar-refractivity contribution in [2.75, 3.05) is 32.2 Å². The van der Waals surface area contributed by atoms with Crippen LogP contribution in [-0.4, -0.2) is 47.7 Å². The Kier molecular flexibility index (Phi) is 7.21. The molecule has 0 spiro atoms. The molecule has 1 aliphatic heterocycles. The SMILES string of the molecule is COP(C)c1ccc(C(=O)N2CCOc3ccc(-c4ccnc(Nc5ccccc5)n4)cc3C2)cc1. The van der Waals surface area contributed by atoms with Gasteiger partial charge in [-0.1, -0.05) is 30.3 Å². The molecule has 0 bridgehead atoms. The van der Waals surface area contributed by atoms with Crippen LogP contribution in [-0.2, 0) is 11.1 Å². The molecule has 1 atom stereocenters. The molecule has 1 amide bonds. The molecule has 3 aromatic carbocycles. The number of rotatable bonds is 6. The largest absolute Gasteiger partial charge is 0.491 e. The lowest BCUT2D eigenvalue weighted by Crippen LogP contribution is -2.32. The maximum atomic E-state index is 13.3. The summed E-state index contributed by atoms with van der Waals surface area (Å²) in [5.41, 5.74) is 4.25. The van der Waals surface area contributed by atoms with Crippen LogP contribution in [0.4, 0.5) is 11.6 Å². The Morgan fingerprint density at radius 3 is 2.64 bits per heavy atom. The Morgan fingerprint density at radius 2 is 1.86 bits per heavy atom. The fourth-order valence-corrected chi connectivity index (χ4v) is 4.84. The van der Waals surface area contributed by atoms with E-state index in [1.54, 1.807) is 13.3 Å². The van der Waals surface area contributed by atoms with Gasteiger partial charge < -0.3 is 19.5 Å². The molecule has 36 heavy (non-hydrogen) atoms. The number of nitrogens with zero attached hydrogens (tertiary/aromatic N) is 3. The second-order valence-electron chi connectivity index (χ2n) is 8.38. The molecule has 0 saturated heterocycles. The quantitative estimate of drug-likeness (QED) is 0.368. The normalized spacial score (nSPS) is 13.8. The summed E-state index contributed by atoms with van der Waals surface area (Å²) in [6.45, 7) is 3.47. The van der Waals surface area contributed by atoms with Crippen LogP contribution >= 0.6 is 8.15 Å². The summed E-state index contributed by atoms with van der Waals surface area (Å²) in [6.07, 6.45) is 1.74. The summed E-state index contributed by atoms with van der Waals surface area (Å²) in [5, 5.41) is 4.34. The monoisotopic (exact) mass is 498 g/mol. The van der Waals surface area contributed by atoms with Crippen molar-refractivity contribution in [1.82, 2.24) is 14.9 Å².